The number of hydrogen-bond donors (Lipinski definition) is 5. The molecule has 4 aliphatic carbocycles. The topological polar surface area (TPSA) is 161 Å². The molecule has 35 heavy (non-hydrogen) atoms. The van der Waals surface area contributed by atoms with Gasteiger partial charge < -0.3 is 26.2 Å². The van der Waals surface area contributed by atoms with Crippen LogP contribution in [0.5, 0.6) is 5.75 Å². The molecule has 4 unspecified atom stereocenters. The second kappa shape index (κ2) is 7.79. The third-order valence-corrected chi connectivity index (χ3v) is 8.00. The minimum Gasteiger partial charge on any atom is -0.508 e. The van der Waals surface area contributed by atoms with Crippen LogP contribution in [0, 0.1) is 11.8 Å². The number of aliphatic hydroxyl groups is 3. The molecule has 4 aliphatic rings. The predicted octanol–water partition coefficient (Wildman–Crippen LogP) is 1.53. The number of amides is 1. The van der Waals surface area contributed by atoms with Gasteiger partial charge in [0.2, 0.25) is 5.78 Å². The van der Waals surface area contributed by atoms with Gasteiger partial charge in [0.25, 0.3) is 5.91 Å². The van der Waals surface area contributed by atoms with Gasteiger partial charge in [0.1, 0.15) is 22.8 Å². The Hall–Kier alpha value is -3.43. The second-order valence-electron chi connectivity index (χ2n) is 10.1. The van der Waals surface area contributed by atoms with E-state index in [4.69, 9.17) is 5.73 Å². The van der Waals surface area contributed by atoms with Crippen LogP contribution in [0.2, 0.25) is 0 Å². The average Bonchev–Trinajstić information content (AvgIpc) is 2.74. The van der Waals surface area contributed by atoms with Crippen LogP contribution in [0.15, 0.2) is 34.6 Å². The Morgan fingerprint density at radius 1 is 1.17 bits per heavy atom. The summed E-state index contributed by atoms with van der Waals surface area (Å²) in [6.45, 7) is 0. The first kappa shape index (κ1) is 23.3. The maximum Gasteiger partial charge on any atom is 0.255 e. The number of likely N-dealkylation sites (N-methyl/N-ethyl adjacent to an activating group) is 1. The van der Waals surface area contributed by atoms with E-state index in [0.29, 0.717) is 12.0 Å². The highest BCUT2D eigenvalue weighted by Gasteiger charge is 2.64. The average molecular weight is 481 g/mol. The first-order valence-corrected chi connectivity index (χ1v) is 11.7. The van der Waals surface area contributed by atoms with E-state index in [-0.39, 0.29) is 23.3 Å². The standard InChI is InChI=1S/C26H28N2O7/c1-28(2)20-15-10-13-9-14-12(8-11-4-3-5-11)6-7-16(29)18(14)21(30)17(13)23(32)26(15,35)24(33)19(22(20)31)25(27)34/h6-8,13,15,20,29-30,33,35H,3-5,9-10H2,1-2H3,(H2,27,34). The molecule has 0 saturated heterocycles. The lowest BCUT2D eigenvalue weighted by Gasteiger charge is -2.50. The Labute approximate surface area is 201 Å². The third kappa shape index (κ3) is 3.11. The molecule has 1 aromatic rings. The zero-order chi connectivity index (χ0) is 25.4. The highest BCUT2D eigenvalue weighted by atomic mass is 16.3. The molecular formula is C26H28N2O7. The van der Waals surface area contributed by atoms with Gasteiger partial charge in [-0.15, -0.1) is 0 Å². The number of aliphatic hydroxyl groups excluding tert-OH is 2. The number of ketones is 2. The Balaban J connectivity index is 1.72. The first-order valence-electron chi connectivity index (χ1n) is 11.7. The highest BCUT2D eigenvalue weighted by Crippen LogP contribution is 2.53. The Bertz CT molecular complexity index is 1280. The van der Waals surface area contributed by atoms with E-state index in [1.54, 1.807) is 20.2 Å². The lowest BCUT2D eigenvalue weighted by atomic mass is 9.57. The van der Waals surface area contributed by atoms with Crippen molar-refractivity contribution >= 4 is 29.3 Å². The van der Waals surface area contributed by atoms with Crippen molar-refractivity contribution in [3.05, 3.63) is 51.3 Å². The van der Waals surface area contributed by atoms with Crippen LogP contribution >= 0.6 is 0 Å². The molecule has 6 N–H and O–H groups in total. The van der Waals surface area contributed by atoms with Gasteiger partial charge in [-0.1, -0.05) is 17.7 Å². The monoisotopic (exact) mass is 480 g/mol. The van der Waals surface area contributed by atoms with E-state index in [0.717, 1.165) is 24.8 Å². The van der Waals surface area contributed by atoms with Gasteiger partial charge in [-0.2, -0.15) is 0 Å². The summed E-state index contributed by atoms with van der Waals surface area (Å²) in [7, 11) is 3.16. The molecule has 1 amide bonds. The smallest absolute Gasteiger partial charge is 0.255 e. The number of phenols is 1. The van der Waals surface area contributed by atoms with E-state index >= 15 is 0 Å². The zero-order valence-corrected chi connectivity index (χ0v) is 19.5. The number of phenolic OH excluding ortho intramolecular Hbond substituents is 1. The number of primary amides is 1. The van der Waals surface area contributed by atoms with E-state index < -0.39 is 58.0 Å². The van der Waals surface area contributed by atoms with Crippen molar-refractivity contribution in [1.29, 1.82) is 0 Å². The molecule has 9 heteroatoms. The maximum atomic E-state index is 13.8. The molecule has 0 bridgehead atoms. The van der Waals surface area contributed by atoms with Crippen molar-refractivity contribution in [2.45, 2.75) is 43.7 Å². The maximum absolute atomic E-state index is 13.8. The van der Waals surface area contributed by atoms with Crippen molar-refractivity contribution in [3.63, 3.8) is 0 Å². The number of nitrogens with two attached hydrogens (primary N) is 1. The van der Waals surface area contributed by atoms with Crippen LogP contribution in [0.1, 0.15) is 42.4 Å². The zero-order valence-electron chi connectivity index (χ0n) is 19.5. The van der Waals surface area contributed by atoms with Crippen LogP contribution < -0.4 is 5.73 Å². The summed E-state index contributed by atoms with van der Waals surface area (Å²) < 4.78 is 0. The Morgan fingerprint density at radius 2 is 1.86 bits per heavy atom. The number of Topliss-reactive ketones (excluding diaryl/α,β-unsaturated/α-hetero) is 2. The van der Waals surface area contributed by atoms with Crippen LogP contribution in [0.3, 0.4) is 0 Å². The highest BCUT2D eigenvalue weighted by molar-refractivity contribution is 6.24. The fraction of sp³-hybridized carbons (Fsp3) is 0.423. The molecule has 5 rings (SSSR count). The number of carbonyl (C=O) groups is 3. The van der Waals surface area contributed by atoms with Gasteiger partial charge in [-0.05, 0) is 69.3 Å². The van der Waals surface area contributed by atoms with Gasteiger partial charge in [-0.25, -0.2) is 0 Å². The van der Waals surface area contributed by atoms with Crippen LogP contribution in [0.25, 0.3) is 11.8 Å². The third-order valence-electron chi connectivity index (χ3n) is 8.00. The molecular weight excluding hydrogens is 452 g/mol. The van der Waals surface area contributed by atoms with Gasteiger partial charge in [0.15, 0.2) is 11.4 Å². The number of rotatable bonds is 3. The molecule has 0 aromatic heterocycles. The lowest BCUT2D eigenvalue weighted by Crippen LogP contribution is -2.65. The minimum atomic E-state index is -2.62. The van der Waals surface area contributed by atoms with Crippen LogP contribution in [-0.4, -0.2) is 68.5 Å². The number of hydrogen-bond acceptors (Lipinski definition) is 8. The van der Waals surface area contributed by atoms with Gasteiger partial charge in [0, 0.05) is 11.5 Å². The first-order chi connectivity index (χ1) is 16.5. The second-order valence-corrected chi connectivity index (χ2v) is 10.1. The summed E-state index contributed by atoms with van der Waals surface area (Å²) in [5.41, 5.74) is 4.68. The molecule has 4 atom stereocenters. The Morgan fingerprint density at radius 3 is 2.43 bits per heavy atom. The quantitative estimate of drug-likeness (QED) is 0.407. The number of nitrogens with zero attached hydrogens (tertiary/aromatic N) is 1. The minimum absolute atomic E-state index is 0.0808. The molecule has 9 nitrogen and oxygen atoms in total. The van der Waals surface area contributed by atoms with Crippen molar-refractivity contribution in [1.82, 2.24) is 4.90 Å². The number of carbonyl (C=O) groups excluding carboxylic acids is 3. The van der Waals surface area contributed by atoms with Gasteiger partial charge in [0.05, 0.1) is 11.6 Å². The Kier molecular flexibility index (Phi) is 5.19. The molecule has 184 valence electrons. The summed E-state index contributed by atoms with van der Waals surface area (Å²) in [6.07, 6.45) is 5.50. The van der Waals surface area contributed by atoms with Gasteiger partial charge in [-0.3, -0.25) is 19.3 Å². The summed E-state index contributed by atoms with van der Waals surface area (Å²) in [5.74, 6) is -6.41. The molecule has 0 radical (unpaired) electrons. The van der Waals surface area contributed by atoms with Crippen molar-refractivity contribution in [2.75, 3.05) is 14.1 Å². The summed E-state index contributed by atoms with van der Waals surface area (Å²) >= 11 is 0. The van der Waals surface area contributed by atoms with E-state index in [2.05, 4.69) is 0 Å². The lowest BCUT2D eigenvalue weighted by molar-refractivity contribution is -0.153. The summed E-state index contributed by atoms with van der Waals surface area (Å²) in [4.78, 5) is 40.4. The fourth-order valence-corrected chi connectivity index (χ4v) is 6.15. The number of allylic oxidation sites excluding steroid dienone is 1. The molecule has 2 fully saturated rings. The predicted molar refractivity (Wildman–Crippen MR) is 126 cm³/mol. The van der Waals surface area contributed by atoms with Gasteiger partial charge >= 0.3 is 0 Å². The number of benzene rings is 1. The molecule has 0 heterocycles. The summed E-state index contributed by atoms with van der Waals surface area (Å²) in [6, 6.07) is 2.14. The van der Waals surface area contributed by atoms with E-state index in [9.17, 15) is 34.8 Å². The van der Waals surface area contributed by atoms with Crippen molar-refractivity contribution < 1.29 is 34.8 Å². The van der Waals surface area contributed by atoms with E-state index in [1.165, 1.54) is 16.5 Å². The van der Waals surface area contributed by atoms with Crippen molar-refractivity contribution in [2.24, 2.45) is 17.6 Å². The van der Waals surface area contributed by atoms with Crippen molar-refractivity contribution in [3.8, 4) is 5.75 Å². The normalized spacial score (nSPS) is 30.1. The summed E-state index contributed by atoms with van der Waals surface area (Å²) in [5, 5.41) is 44.3. The number of fused-ring (bicyclic) bond motifs is 3. The SMILES string of the molecule is CN(C)C1C(=O)C(C(N)=O)=C(O)C2(O)C(=O)C3=C(O)c4c(O)ccc(C=C5CCC5)c4CC3CC12. The van der Waals surface area contributed by atoms with E-state index in [1.807, 2.05) is 6.08 Å². The molecule has 0 spiro atoms. The number of aromatic hydroxyl groups is 1. The fourth-order valence-electron chi connectivity index (χ4n) is 6.15. The van der Waals surface area contributed by atoms with Crippen LogP contribution in [-0.2, 0) is 20.8 Å². The molecule has 0 aliphatic heterocycles. The molecule has 2 saturated carbocycles. The van der Waals surface area contributed by atoms with Crippen LogP contribution in [0.4, 0.5) is 0 Å². The largest absolute Gasteiger partial charge is 0.508 e. The molecule has 1 aromatic carbocycles.